The molecule has 0 aliphatic carbocycles. The maximum Gasteiger partial charge on any atom is 0.259 e. The van der Waals surface area contributed by atoms with E-state index in [9.17, 15) is 4.79 Å². The Morgan fingerprint density at radius 2 is 2.08 bits per heavy atom. The summed E-state index contributed by atoms with van der Waals surface area (Å²) in [4.78, 5) is 23.4. The predicted molar refractivity (Wildman–Crippen MR) is 90.5 cm³/mol. The standard InChI is InChI=1S/C18H16N4O3/c1-11-10-22(15-8-5-9-19-17(15)24-11)18(23)14-7-4-3-6-13(14)16-20-12(2)21-25-16/h3-9,11H,10H2,1-2H3/t11-/m1/s1. The largest absolute Gasteiger partial charge is 0.471 e. The first kappa shape index (κ1) is 15.3. The second-order valence-corrected chi connectivity index (χ2v) is 5.86. The number of hydrogen-bond acceptors (Lipinski definition) is 6. The molecule has 0 N–H and O–H groups in total. The normalized spacial score (nSPS) is 16.2. The van der Waals surface area contributed by atoms with E-state index in [1.807, 2.05) is 25.1 Å². The summed E-state index contributed by atoms with van der Waals surface area (Å²) in [5.74, 6) is 1.15. The van der Waals surface area contributed by atoms with Gasteiger partial charge < -0.3 is 9.26 Å². The van der Waals surface area contributed by atoms with Crippen LogP contribution < -0.4 is 9.64 Å². The van der Waals surface area contributed by atoms with E-state index in [0.717, 1.165) is 0 Å². The molecule has 4 rings (SSSR count). The van der Waals surface area contributed by atoms with Crippen LogP contribution in [0, 0.1) is 6.92 Å². The van der Waals surface area contributed by atoms with Gasteiger partial charge in [0, 0.05) is 6.20 Å². The van der Waals surface area contributed by atoms with Crippen molar-refractivity contribution in [1.82, 2.24) is 15.1 Å². The number of pyridine rings is 1. The molecule has 1 aromatic carbocycles. The molecule has 0 saturated heterocycles. The van der Waals surface area contributed by atoms with Crippen LogP contribution in [-0.4, -0.2) is 33.7 Å². The Bertz CT molecular complexity index is 937. The number of anilines is 1. The maximum absolute atomic E-state index is 13.3. The third kappa shape index (κ3) is 2.73. The zero-order valence-electron chi connectivity index (χ0n) is 13.8. The maximum atomic E-state index is 13.3. The fourth-order valence-corrected chi connectivity index (χ4v) is 2.86. The number of amides is 1. The minimum atomic E-state index is -0.157. The fourth-order valence-electron chi connectivity index (χ4n) is 2.86. The molecule has 25 heavy (non-hydrogen) atoms. The number of hydrogen-bond donors (Lipinski definition) is 0. The first-order valence-electron chi connectivity index (χ1n) is 7.97. The summed E-state index contributed by atoms with van der Waals surface area (Å²) in [7, 11) is 0. The molecule has 126 valence electrons. The minimum Gasteiger partial charge on any atom is -0.471 e. The number of aromatic nitrogens is 3. The minimum absolute atomic E-state index is 0.149. The molecule has 3 heterocycles. The van der Waals surface area contributed by atoms with Gasteiger partial charge in [-0.15, -0.1) is 0 Å². The highest BCUT2D eigenvalue weighted by atomic mass is 16.5. The molecule has 1 atom stereocenters. The van der Waals surface area contributed by atoms with Crippen LogP contribution in [0.1, 0.15) is 23.1 Å². The van der Waals surface area contributed by atoms with E-state index in [0.29, 0.717) is 41.0 Å². The topological polar surface area (TPSA) is 81.4 Å². The van der Waals surface area contributed by atoms with Crippen molar-refractivity contribution in [2.24, 2.45) is 0 Å². The van der Waals surface area contributed by atoms with Crippen LogP contribution in [-0.2, 0) is 0 Å². The van der Waals surface area contributed by atoms with Crippen molar-refractivity contribution in [2.75, 3.05) is 11.4 Å². The first-order chi connectivity index (χ1) is 12.1. The van der Waals surface area contributed by atoms with Gasteiger partial charge in [0.15, 0.2) is 5.82 Å². The van der Waals surface area contributed by atoms with Crippen molar-refractivity contribution in [3.05, 3.63) is 54.0 Å². The van der Waals surface area contributed by atoms with E-state index in [1.165, 1.54) is 0 Å². The van der Waals surface area contributed by atoms with E-state index in [2.05, 4.69) is 15.1 Å². The van der Waals surface area contributed by atoms with Crippen LogP contribution in [0.2, 0.25) is 0 Å². The van der Waals surface area contributed by atoms with Crippen molar-refractivity contribution in [3.63, 3.8) is 0 Å². The monoisotopic (exact) mass is 336 g/mol. The summed E-state index contributed by atoms with van der Waals surface area (Å²) in [6.45, 7) is 4.09. The number of benzene rings is 1. The summed E-state index contributed by atoms with van der Waals surface area (Å²) < 4.78 is 11.0. The molecule has 1 amide bonds. The lowest BCUT2D eigenvalue weighted by Gasteiger charge is -2.32. The Hall–Kier alpha value is -3.22. The number of aryl methyl sites for hydroxylation is 1. The molecule has 0 bridgehead atoms. The third-order valence-electron chi connectivity index (χ3n) is 3.95. The van der Waals surface area contributed by atoms with E-state index in [4.69, 9.17) is 9.26 Å². The lowest BCUT2D eigenvalue weighted by atomic mass is 10.1. The Morgan fingerprint density at radius 1 is 1.24 bits per heavy atom. The van der Waals surface area contributed by atoms with Gasteiger partial charge in [0.05, 0.1) is 17.7 Å². The van der Waals surface area contributed by atoms with Gasteiger partial charge in [0.1, 0.15) is 11.8 Å². The second-order valence-electron chi connectivity index (χ2n) is 5.86. The number of carbonyl (C=O) groups is 1. The Kier molecular flexibility index (Phi) is 3.68. The molecule has 7 heteroatoms. The number of fused-ring (bicyclic) bond motifs is 1. The lowest BCUT2D eigenvalue weighted by Crippen LogP contribution is -2.42. The Balaban J connectivity index is 1.78. The van der Waals surface area contributed by atoms with Crippen molar-refractivity contribution in [3.8, 4) is 17.3 Å². The summed E-state index contributed by atoms with van der Waals surface area (Å²) in [6, 6.07) is 10.8. The predicted octanol–water partition coefficient (Wildman–Crippen LogP) is 2.87. The van der Waals surface area contributed by atoms with Crippen LogP contribution in [0.5, 0.6) is 5.88 Å². The number of rotatable bonds is 2. The highest BCUT2D eigenvalue weighted by Gasteiger charge is 2.30. The summed E-state index contributed by atoms with van der Waals surface area (Å²) in [6.07, 6.45) is 1.50. The molecular weight excluding hydrogens is 320 g/mol. The zero-order valence-corrected chi connectivity index (χ0v) is 13.8. The molecule has 0 unspecified atom stereocenters. The van der Waals surface area contributed by atoms with E-state index in [1.54, 1.807) is 36.2 Å². The van der Waals surface area contributed by atoms with Gasteiger partial charge in [-0.2, -0.15) is 4.98 Å². The highest BCUT2D eigenvalue weighted by molar-refractivity contribution is 6.10. The van der Waals surface area contributed by atoms with E-state index in [-0.39, 0.29) is 12.0 Å². The molecule has 2 aromatic heterocycles. The molecule has 0 radical (unpaired) electrons. The molecule has 0 saturated carbocycles. The number of ether oxygens (including phenoxy) is 1. The van der Waals surface area contributed by atoms with Crippen molar-refractivity contribution < 1.29 is 14.1 Å². The Labute approximate surface area is 144 Å². The molecule has 7 nitrogen and oxygen atoms in total. The van der Waals surface area contributed by atoms with Crippen molar-refractivity contribution in [2.45, 2.75) is 20.0 Å². The lowest BCUT2D eigenvalue weighted by molar-refractivity contribution is 0.0959. The molecule has 1 aliphatic rings. The smallest absolute Gasteiger partial charge is 0.259 e. The molecule has 0 fully saturated rings. The SMILES string of the molecule is Cc1noc(-c2ccccc2C(=O)N2C[C@@H](C)Oc3ncccc32)n1. The molecular formula is C18H16N4O3. The van der Waals surface area contributed by atoms with Crippen LogP contribution in [0.15, 0.2) is 47.1 Å². The van der Waals surface area contributed by atoms with E-state index < -0.39 is 0 Å². The van der Waals surface area contributed by atoms with Gasteiger partial charge >= 0.3 is 0 Å². The van der Waals surface area contributed by atoms with Crippen molar-refractivity contribution in [1.29, 1.82) is 0 Å². The van der Waals surface area contributed by atoms with Crippen LogP contribution in [0.3, 0.4) is 0 Å². The van der Waals surface area contributed by atoms with Gasteiger partial charge in [-0.05, 0) is 38.1 Å². The Morgan fingerprint density at radius 3 is 2.88 bits per heavy atom. The third-order valence-corrected chi connectivity index (χ3v) is 3.95. The second kappa shape index (κ2) is 6.01. The highest BCUT2D eigenvalue weighted by Crippen LogP contribution is 2.33. The van der Waals surface area contributed by atoms with Gasteiger partial charge in [-0.1, -0.05) is 17.3 Å². The summed E-state index contributed by atoms with van der Waals surface area (Å²) >= 11 is 0. The van der Waals surface area contributed by atoms with Gasteiger partial charge in [0.2, 0.25) is 5.88 Å². The molecule has 0 spiro atoms. The molecule has 3 aromatic rings. The summed E-state index contributed by atoms with van der Waals surface area (Å²) in [5.41, 5.74) is 1.76. The van der Waals surface area contributed by atoms with Gasteiger partial charge in [0.25, 0.3) is 11.8 Å². The average Bonchev–Trinajstić information content (AvgIpc) is 3.06. The van der Waals surface area contributed by atoms with Crippen LogP contribution in [0.25, 0.3) is 11.5 Å². The average molecular weight is 336 g/mol. The number of nitrogens with zero attached hydrogens (tertiary/aromatic N) is 4. The van der Waals surface area contributed by atoms with E-state index >= 15 is 0 Å². The van der Waals surface area contributed by atoms with Gasteiger partial charge in [-0.25, -0.2) is 4.98 Å². The molecule has 1 aliphatic heterocycles. The van der Waals surface area contributed by atoms with Gasteiger partial charge in [-0.3, -0.25) is 9.69 Å². The van der Waals surface area contributed by atoms with Crippen LogP contribution in [0.4, 0.5) is 5.69 Å². The zero-order chi connectivity index (χ0) is 17.4. The fraction of sp³-hybridized carbons (Fsp3) is 0.222. The number of carbonyl (C=O) groups excluding carboxylic acids is 1. The van der Waals surface area contributed by atoms with Crippen LogP contribution >= 0.6 is 0 Å². The first-order valence-corrected chi connectivity index (χ1v) is 7.97. The quantitative estimate of drug-likeness (QED) is 0.716. The summed E-state index contributed by atoms with van der Waals surface area (Å²) in [5, 5.41) is 3.81. The van der Waals surface area contributed by atoms with Crippen molar-refractivity contribution >= 4 is 11.6 Å².